The zero-order chi connectivity index (χ0) is 27.6. The minimum atomic E-state index is 0.674. The SMILES string of the molecule is Clc1ccc(-c2cc(-c3ccc(-c4cccnc4)cc3)nc(-c3ccc(-c4cccc5ccccc45)cc3)n2)cc1. The minimum Gasteiger partial charge on any atom is -0.264 e. The fourth-order valence-corrected chi connectivity index (χ4v) is 5.26. The topological polar surface area (TPSA) is 38.7 Å². The highest BCUT2D eigenvalue weighted by atomic mass is 35.5. The molecule has 0 atom stereocenters. The van der Waals surface area contributed by atoms with Crippen molar-refractivity contribution in [2.45, 2.75) is 0 Å². The first-order chi connectivity index (χ1) is 20.2. The van der Waals surface area contributed by atoms with Gasteiger partial charge in [-0.15, -0.1) is 0 Å². The van der Waals surface area contributed by atoms with Crippen molar-refractivity contribution < 1.29 is 0 Å². The molecule has 0 aliphatic carbocycles. The number of halogens is 1. The van der Waals surface area contributed by atoms with Gasteiger partial charge < -0.3 is 0 Å². The van der Waals surface area contributed by atoms with Crippen LogP contribution in [-0.2, 0) is 0 Å². The summed E-state index contributed by atoms with van der Waals surface area (Å²) in [6.45, 7) is 0. The van der Waals surface area contributed by atoms with Gasteiger partial charge in [0, 0.05) is 34.1 Å². The van der Waals surface area contributed by atoms with E-state index in [1.807, 2.05) is 42.6 Å². The average molecular weight is 546 g/mol. The number of hydrogen-bond donors (Lipinski definition) is 0. The first kappa shape index (κ1) is 24.9. The highest BCUT2D eigenvalue weighted by Gasteiger charge is 2.12. The van der Waals surface area contributed by atoms with Crippen LogP contribution in [-0.4, -0.2) is 15.0 Å². The minimum absolute atomic E-state index is 0.674. The molecule has 3 nitrogen and oxygen atoms in total. The van der Waals surface area contributed by atoms with Gasteiger partial charge in [0.25, 0.3) is 0 Å². The van der Waals surface area contributed by atoms with Crippen LogP contribution >= 0.6 is 11.6 Å². The quantitative estimate of drug-likeness (QED) is 0.216. The van der Waals surface area contributed by atoms with Crippen molar-refractivity contribution in [3.8, 4) is 56.2 Å². The van der Waals surface area contributed by atoms with Crippen LogP contribution in [0.3, 0.4) is 0 Å². The Morgan fingerprint density at radius 3 is 1.78 bits per heavy atom. The number of benzene rings is 5. The van der Waals surface area contributed by atoms with E-state index in [-0.39, 0.29) is 0 Å². The van der Waals surface area contributed by atoms with Gasteiger partial charge in [-0.05, 0) is 57.3 Å². The monoisotopic (exact) mass is 545 g/mol. The molecule has 0 aliphatic heterocycles. The summed E-state index contributed by atoms with van der Waals surface area (Å²) in [6.07, 6.45) is 3.66. The molecule has 5 aromatic carbocycles. The second-order valence-electron chi connectivity index (χ2n) is 9.89. The molecule has 0 unspecified atom stereocenters. The van der Waals surface area contributed by atoms with Crippen LogP contribution < -0.4 is 0 Å². The molecule has 0 fully saturated rings. The van der Waals surface area contributed by atoms with E-state index in [4.69, 9.17) is 21.6 Å². The van der Waals surface area contributed by atoms with E-state index in [1.54, 1.807) is 6.20 Å². The van der Waals surface area contributed by atoms with Gasteiger partial charge in [0.05, 0.1) is 11.4 Å². The van der Waals surface area contributed by atoms with Crippen molar-refractivity contribution in [3.63, 3.8) is 0 Å². The summed E-state index contributed by atoms with van der Waals surface area (Å²) in [5, 5.41) is 3.16. The summed E-state index contributed by atoms with van der Waals surface area (Å²) in [5.41, 5.74) is 9.21. The zero-order valence-electron chi connectivity index (χ0n) is 22.1. The number of rotatable bonds is 5. The third-order valence-electron chi connectivity index (χ3n) is 7.29. The molecule has 2 heterocycles. The van der Waals surface area contributed by atoms with E-state index in [0.717, 1.165) is 44.8 Å². The molecule has 41 heavy (non-hydrogen) atoms. The standard InChI is InChI=1S/C37H24ClN3/c38-32-20-18-29(19-21-32)36-23-35(28-14-10-25(11-15-28)31-7-4-22-39-24-31)40-37(41-36)30-16-12-27(13-17-30)34-9-3-6-26-5-1-2-8-33(26)34/h1-24H. The average Bonchev–Trinajstić information content (AvgIpc) is 3.05. The van der Waals surface area contributed by atoms with Gasteiger partial charge in [-0.1, -0.05) is 121 Å². The van der Waals surface area contributed by atoms with Crippen molar-refractivity contribution in [1.29, 1.82) is 0 Å². The third-order valence-corrected chi connectivity index (χ3v) is 7.54. The lowest BCUT2D eigenvalue weighted by atomic mass is 9.97. The first-order valence-electron chi connectivity index (χ1n) is 13.5. The fourth-order valence-electron chi connectivity index (χ4n) is 5.14. The van der Waals surface area contributed by atoms with Gasteiger partial charge in [-0.2, -0.15) is 0 Å². The molecule has 0 bridgehead atoms. The molecule has 0 saturated carbocycles. The molecule has 0 aliphatic rings. The van der Waals surface area contributed by atoms with Crippen LogP contribution in [0.15, 0.2) is 146 Å². The highest BCUT2D eigenvalue weighted by Crippen LogP contribution is 2.32. The van der Waals surface area contributed by atoms with Crippen LogP contribution in [0.1, 0.15) is 0 Å². The Labute approximate surface area is 243 Å². The van der Waals surface area contributed by atoms with Gasteiger partial charge in [0.1, 0.15) is 0 Å². The van der Waals surface area contributed by atoms with Gasteiger partial charge in [-0.3, -0.25) is 4.98 Å². The molecule has 194 valence electrons. The smallest absolute Gasteiger partial charge is 0.160 e. The Balaban J connectivity index is 1.30. The van der Waals surface area contributed by atoms with Crippen LogP contribution in [0.25, 0.3) is 66.9 Å². The molecule has 0 spiro atoms. The molecule has 0 saturated heterocycles. The second-order valence-corrected chi connectivity index (χ2v) is 10.3. The summed E-state index contributed by atoms with van der Waals surface area (Å²) in [4.78, 5) is 14.3. The molecular formula is C37H24ClN3. The van der Waals surface area contributed by atoms with Gasteiger partial charge in [-0.25, -0.2) is 9.97 Å². The number of fused-ring (bicyclic) bond motifs is 1. The maximum Gasteiger partial charge on any atom is 0.160 e. The number of hydrogen-bond acceptors (Lipinski definition) is 3. The molecule has 4 heteroatoms. The summed E-state index contributed by atoms with van der Waals surface area (Å²) in [5.74, 6) is 0.674. The number of pyridine rings is 1. The van der Waals surface area contributed by atoms with Crippen molar-refractivity contribution in [2.75, 3.05) is 0 Å². The van der Waals surface area contributed by atoms with Crippen LogP contribution in [0.4, 0.5) is 0 Å². The number of aromatic nitrogens is 3. The summed E-state index contributed by atoms with van der Waals surface area (Å²) < 4.78 is 0. The van der Waals surface area contributed by atoms with E-state index >= 15 is 0 Å². The Kier molecular flexibility index (Phi) is 6.56. The Morgan fingerprint density at radius 2 is 1.07 bits per heavy atom. The number of nitrogens with zero attached hydrogens (tertiary/aromatic N) is 3. The normalized spacial score (nSPS) is 11.0. The van der Waals surface area contributed by atoms with Crippen molar-refractivity contribution in [1.82, 2.24) is 15.0 Å². The van der Waals surface area contributed by atoms with E-state index in [0.29, 0.717) is 10.8 Å². The summed E-state index contributed by atoms with van der Waals surface area (Å²) >= 11 is 6.18. The van der Waals surface area contributed by atoms with Crippen LogP contribution in [0, 0.1) is 0 Å². The maximum absolute atomic E-state index is 6.18. The van der Waals surface area contributed by atoms with E-state index in [2.05, 4.69) is 102 Å². The molecule has 0 N–H and O–H groups in total. The van der Waals surface area contributed by atoms with Gasteiger partial charge in [0.15, 0.2) is 5.82 Å². The molecule has 0 radical (unpaired) electrons. The molecule has 7 aromatic rings. The predicted molar refractivity (Wildman–Crippen MR) is 170 cm³/mol. The Bertz CT molecular complexity index is 1960. The van der Waals surface area contributed by atoms with E-state index in [1.165, 1.54) is 16.3 Å². The lowest BCUT2D eigenvalue weighted by Gasteiger charge is -2.11. The first-order valence-corrected chi connectivity index (χ1v) is 13.8. The van der Waals surface area contributed by atoms with Crippen molar-refractivity contribution in [3.05, 3.63) is 151 Å². The molecular weight excluding hydrogens is 522 g/mol. The Morgan fingerprint density at radius 1 is 0.463 bits per heavy atom. The lowest BCUT2D eigenvalue weighted by molar-refractivity contribution is 1.18. The molecule has 2 aromatic heterocycles. The predicted octanol–water partition coefficient (Wildman–Crippen LogP) is 10.0. The van der Waals surface area contributed by atoms with Gasteiger partial charge in [0.2, 0.25) is 0 Å². The fraction of sp³-hybridized carbons (Fsp3) is 0. The van der Waals surface area contributed by atoms with Gasteiger partial charge >= 0.3 is 0 Å². The lowest BCUT2D eigenvalue weighted by Crippen LogP contribution is -1.96. The largest absolute Gasteiger partial charge is 0.264 e. The third kappa shape index (κ3) is 5.11. The van der Waals surface area contributed by atoms with Crippen LogP contribution in [0.2, 0.25) is 5.02 Å². The second kappa shape index (κ2) is 10.8. The van der Waals surface area contributed by atoms with E-state index in [9.17, 15) is 0 Å². The van der Waals surface area contributed by atoms with E-state index < -0.39 is 0 Å². The molecule has 0 amide bonds. The summed E-state index contributed by atoms with van der Waals surface area (Å²) in [6, 6.07) is 45.6. The maximum atomic E-state index is 6.18. The molecule has 7 rings (SSSR count). The highest BCUT2D eigenvalue weighted by molar-refractivity contribution is 6.30. The Hall–Kier alpha value is -5.12. The summed E-state index contributed by atoms with van der Waals surface area (Å²) in [7, 11) is 0. The van der Waals surface area contributed by atoms with Crippen molar-refractivity contribution >= 4 is 22.4 Å². The van der Waals surface area contributed by atoms with Crippen LogP contribution in [0.5, 0.6) is 0 Å². The van der Waals surface area contributed by atoms with Crippen molar-refractivity contribution in [2.24, 2.45) is 0 Å². The zero-order valence-corrected chi connectivity index (χ0v) is 22.8.